The second-order valence-corrected chi connectivity index (χ2v) is 14.4. The van der Waals surface area contributed by atoms with Crippen molar-refractivity contribution in [1.29, 1.82) is 26.3 Å². The molecule has 0 fully saturated rings. The van der Waals surface area contributed by atoms with Gasteiger partial charge in [0.05, 0.1) is 91.6 Å². The number of benzene rings is 7. The highest BCUT2D eigenvalue weighted by Crippen LogP contribution is 2.43. The van der Waals surface area contributed by atoms with Crippen LogP contribution in [0.15, 0.2) is 158 Å². The van der Waals surface area contributed by atoms with Crippen LogP contribution in [0.2, 0.25) is 0 Å². The summed E-state index contributed by atoms with van der Waals surface area (Å²) in [4.78, 5) is 4.41. The lowest BCUT2D eigenvalue weighted by atomic mass is 9.97. The highest BCUT2D eigenvalue weighted by molar-refractivity contribution is 6.13. The molecule has 0 aliphatic heterocycles. The molecule has 0 atom stereocenters. The molecule has 0 bridgehead atoms. The number of rotatable bonds is 5. The summed E-state index contributed by atoms with van der Waals surface area (Å²) < 4.78 is 4.41. The average molecular weight is 763 g/mol. The van der Waals surface area contributed by atoms with Crippen molar-refractivity contribution in [3.05, 3.63) is 186 Å². The van der Waals surface area contributed by atoms with E-state index in [1.165, 1.54) is 0 Å². The molecule has 60 heavy (non-hydrogen) atoms. The Kier molecular flexibility index (Phi) is 8.23. The summed E-state index contributed by atoms with van der Waals surface area (Å²) in [6, 6.07) is 58.1. The van der Waals surface area contributed by atoms with Crippen LogP contribution in [0.25, 0.3) is 88.4 Å². The number of nitriles is 5. The standard InChI is InChI=1S/C52H26N8/c53-26-32-11-15-40(37(20-32)28-55)34-13-17-44-42-7-1-3-9-47(42)59(49(44)22-34)51-24-39(30-57)46(36-6-5-19-58-31-36)25-52(51)60-48-10-4-2-8-43(48)45-18-14-35(23-50(45)60)41-16-12-33(27-54)21-38(41)29-56/h1-25,31H. The molecule has 274 valence electrons. The molecule has 0 radical (unpaired) electrons. The highest BCUT2D eigenvalue weighted by Gasteiger charge is 2.23. The fourth-order valence-corrected chi connectivity index (χ4v) is 8.50. The predicted molar refractivity (Wildman–Crippen MR) is 233 cm³/mol. The van der Waals surface area contributed by atoms with Gasteiger partial charge in [-0.3, -0.25) is 4.98 Å². The molecule has 8 nitrogen and oxygen atoms in total. The Morgan fingerprint density at radius 1 is 0.367 bits per heavy atom. The van der Waals surface area contributed by atoms with Gasteiger partial charge < -0.3 is 9.13 Å². The Morgan fingerprint density at radius 3 is 1.33 bits per heavy atom. The third kappa shape index (κ3) is 5.45. The van der Waals surface area contributed by atoms with Crippen LogP contribution in [0.1, 0.15) is 27.8 Å². The molecule has 0 aliphatic carbocycles. The molecule has 7 aromatic carbocycles. The summed E-state index contributed by atoms with van der Waals surface area (Å²) in [6.45, 7) is 0. The monoisotopic (exact) mass is 762 g/mol. The molecule has 0 saturated carbocycles. The first-order chi connectivity index (χ1) is 29.5. The normalized spacial score (nSPS) is 10.9. The Morgan fingerprint density at radius 2 is 0.850 bits per heavy atom. The van der Waals surface area contributed by atoms with E-state index in [1.807, 2.05) is 66.7 Å². The predicted octanol–water partition coefficient (Wildman–Crippen LogP) is 11.6. The van der Waals surface area contributed by atoms with Crippen LogP contribution in [0.3, 0.4) is 0 Å². The molecule has 3 heterocycles. The fraction of sp³-hybridized carbons (Fsp3) is 0. The van der Waals surface area contributed by atoms with Gasteiger partial charge >= 0.3 is 0 Å². The zero-order chi connectivity index (χ0) is 40.9. The first kappa shape index (κ1) is 35.2. The van der Waals surface area contributed by atoms with Crippen molar-refractivity contribution in [1.82, 2.24) is 14.1 Å². The first-order valence-corrected chi connectivity index (χ1v) is 19.0. The van der Waals surface area contributed by atoms with E-state index in [2.05, 4.69) is 99.1 Å². The van der Waals surface area contributed by atoms with Crippen molar-refractivity contribution in [3.8, 4) is 75.1 Å². The van der Waals surface area contributed by atoms with Gasteiger partial charge in [-0.15, -0.1) is 0 Å². The molecular weight excluding hydrogens is 737 g/mol. The minimum absolute atomic E-state index is 0.396. The number of fused-ring (bicyclic) bond motifs is 6. The summed E-state index contributed by atoms with van der Waals surface area (Å²) >= 11 is 0. The maximum Gasteiger partial charge on any atom is 0.0999 e. The van der Waals surface area contributed by atoms with Crippen molar-refractivity contribution in [2.24, 2.45) is 0 Å². The number of nitrogens with zero attached hydrogens (tertiary/aromatic N) is 8. The lowest BCUT2D eigenvalue weighted by Gasteiger charge is -2.20. The largest absolute Gasteiger partial charge is 0.307 e. The summed E-state index contributed by atoms with van der Waals surface area (Å²) in [5, 5.41) is 54.4. The van der Waals surface area contributed by atoms with E-state index in [0.717, 1.165) is 71.7 Å². The van der Waals surface area contributed by atoms with Crippen LogP contribution in [0.5, 0.6) is 0 Å². The molecule has 3 aromatic heterocycles. The summed E-state index contributed by atoms with van der Waals surface area (Å²) in [5.41, 5.74) is 11.7. The summed E-state index contributed by atoms with van der Waals surface area (Å²) in [7, 11) is 0. The molecule has 10 rings (SSSR count). The highest BCUT2D eigenvalue weighted by atomic mass is 15.1. The van der Waals surface area contributed by atoms with E-state index < -0.39 is 0 Å². The van der Waals surface area contributed by atoms with Crippen LogP contribution < -0.4 is 0 Å². The molecule has 0 saturated heterocycles. The van der Waals surface area contributed by atoms with E-state index in [0.29, 0.717) is 44.5 Å². The molecule has 8 heteroatoms. The molecule has 0 amide bonds. The maximum atomic E-state index is 10.8. The zero-order valence-corrected chi connectivity index (χ0v) is 31.6. The second-order valence-electron chi connectivity index (χ2n) is 14.4. The Labute approximate surface area is 343 Å². The number of aromatic nitrogens is 3. The topological polar surface area (TPSA) is 142 Å². The molecule has 0 N–H and O–H groups in total. The van der Waals surface area contributed by atoms with E-state index in [4.69, 9.17) is 0 Å². The second kappa shape index (κ2) is 14.0. The molecule has 10 aromatic rings. The quantitative estimate of drug-likeness (QED) is 0.171. The van der Waals surface area contributed by atoms with Crippen LogP contribution in [0.4, 0.5) is 0 Å². The van der Waals surface area contributed by atoms with Crippen LogP contribution in [-0.2, 0) is 0 Å². The van der Waals surface area contributed by atoms with Gasteiger partial charge in [-0.1, -0.05) is 78.9 Å². The minimum atomic E-state index is 0.396. The van der Waals surface area contributed by atoms with E-state index in [9.17, 15) is 26.3 Å². The van der Waals surface area contributed by atoms with Crippen LogP contribution >= 0.6 is 0 Å². The number of hydrogen-bond donors (Lipinski definition) is 0. The molecule has 0 spiro atoms. The smallest absolute Gasteiger partial charge is 0.0999 e. The number of para-hydroxylation sites is 2. The SMILES string of the molecule is N#Cc1ccc(-c2ccc3c4ccccc4n(-c4cc(C#N)c(-c5cccnc5)cc4-n4c5ccccc5c5ccc(-c6ccc(C#N)cc6C#N)cc54)c3c2)c(C#N)c1. The summed E-state index contributed by atoms with van der Waals surface area (Å²) in [5.74, 6) is 0. The van der Waals surface area contributed by atoms with E-state index >= 15 is 0 Å². The van der Waals surface area contributed by atoms with Crippen molar-refractivity contribution in [3.63, 3.8) is 0 Å². The van der Waals surface area contributed by atoms with Crippen molar-refractivity contribution in [2.45, 2.75) is 0 Å². The summed E-state index contributed by atoms with van der Waals surface area (Å²) in [6.07, 6.45) is 3.47. The third-order valence-corrected chi connectivity index (χ3v) is 11.2. The Bertz CT molecular complexity index is 3670. The lowest BCUT2D eigenvalue weighted by Crippen LogP contribution is -2.05. The number of hydrogen-bond acceptors (Lipinski definition) is 6. The van der Waals surface area contributed by atoms with Gasteiger partial charge in [-0.2, -0.15) is 26.3 Å². The Hall–Kier alpha value is -9.26. The van der Waals surface area contributed by atoms with E-state index in [1.54, 1.807) is 36.7 Å². The van der Waals surface area contributed by atoms with Gasteiger partial charge in [0.1, 0.15) is 0 Å². The van der Waals surface area contributed by atoms with Gasteiger partial charge in [-0.05, 0) is 89.0 Å². The van der Waals surface area contributed by atoms with Crippen molar-refractivity contribution < 1.29 is 0 Å². The van der Waals surface area contributed by atoms with Crippen molar-refractivity contribution in [2.75, 3.05) is 0 Å². The van der Waals surface area contributed by atoms with Crippen LogP contribution in [0, 0.1) is 56.7 Å². The average Bonchev–Trinajstić information content (AvgIpc) is 3.82. The maximum absolute atomic E-state index is 10.8. The third-order valence-electron chi connectivity index (χ3n) is 11.2. The van der Waals surface area contributed by atoms with E-state index in [-0.39, 0.29) is 0 Å². The fourth-order valence-electron chi connectivity index (χ4n) is 8.50. The zero-order valence-electron chi connectivity index (χ0n) is 31.6. The molecular formula is C52H26N8. The van der Waals surface area contributed by atoms with Crippen LogP contribution in [-0.4, -0.2) is 14.1 Å². The Balaban J connectivity index is 1.34. The van der Waals surface area contributed by atoms with Crippen molar-refractivity contribution >= 4 is 43.6 Å². The molecule has 0 unspecified atom stereocenters. The van der Waals surface area contributed by atoms with Gasteiger partial charge in [0.15, 0.2) is 0 Å². The lowest BCUT2D eigenvalue weighted by molar-refractivity contribution is 1.09. The minimum Gasteiger partial charge on any atom is -0.307 e. The van der Waals surface area contributed by atoms with Gasteiger partial charge in [-0.25, -0.2) is 0 Å². The van der Waals surface area contributed by atoms with Gasteiger partial charge in [0, 0.05) is 45.1 Å². The number of pyridine rings is 1. The van der Waals surface area contributed by atoms with Gasteiger partial charge in [0.25, 0.3) is 0 Å². The molecule has 0 aliphatic rings. The first-order valence-electron chi connectivity index (χ1n) is 19.0. The van der Waals surface area contributed by atoms with Gasteiger partial charge in [0.2, 0.25) is 0 Å².